The van der Waals surface area contributed by atoms with Crippen LogP contribution in [0.4, 0.5) is 0 Å². The van der Waals surface area contributed by atoms with Gasteiger partial charge in [0.2, 0.25) is 5.91 Å². The van der Waals surface area contributed by atoms with Gasteiger partial charge >= 0.3 is 0 Å². The Kier molecular flexibility index (Phi) is 2.79. The Labute approximate surface area is 126 Å². The summed E-state index contributed by atoms with van der Waals surface area (Å²) in [5.41, 5.74) is 1.37. The summed E-state index contributed by atoms with van der Waals surface area (Å²) >= 11 is 0. The van der Waals surface area contributed by atoms with E-state index in [1.165, 1.54) is 24.8 Å². The lowest BCUT2D eigenvalue weighted by atomic mass is 9.60. The Morgan fingerprint density at radius 2 is 2.10 bits per heavy atom. The lowest BCUT2D eigenvalue weighted by molar-refractivity contribution is -0.132. The van der Waals surface area contributed by atoms with E-state index in [1.54, 1.807) is 0 Å². The number of hydrogen-bond donors (Lipinski definition) is 0. The van der Waals surface area contributed by atoms with E-state index in [4.69, 9.17) is 4.42 Å². The van der Waals surface area contributed by atoms with Crippen LogP contribution in [0.1, 0.15) is 69.5 Å². The molecule has 3 nitrogen and oxygen atoms in total. The van der Waals surface area contributed by atoms with Gasteiger partial charge in [-0.05, 0) is 25.3 Å². The number of carbonyl (C=O) groups excluding carboxylic acids is 1. The van der Waals surface area contributed by atoms with Crippen molar-refractivity contribution in [3.63, 3.8) is 0 Å². The number of nitrogens with zero attached hydrogens (tertiary/aromatic N) is 1. The van der Waals surface area contributed by atoms with Crippen LogP contribution >= 0.6 is 0 Å². The maximum absolute atomic E-state index is 12.7. The summed E-state index contributed by atoms with van der Waals surface area (Å²) in [5.74, 6) is 2.62. The van der Waals surface area contributed by atoms with E-state index in [2.05, 4.69) is 24.8 Å². The van der Waals surface area contributed by atoms with E-state index in [-0.39, 0.29) is 11.0 Å². The molecule has 1 saturated carbocycles. The predicted octanol–water partition coefficient (Wildman–Crippen LogP) is 3.80. The lowest BCUT2D eigenvalue weighted by Gasteiger charge is -2.50. The first-order valence-electron chi connectivity index (χ1n) is 8.53. The zero-order valence-electron chi connectivity index (χ0n) is 13.2. The molecule has 0 unspecified atom stereocenters. The van der Waals surface area contributed by atoms with Gasteiger partial charge < -0.3 is 9.32 Å². The third-order valence-corrected chi connectivity index (χ3v) is 6.26. The van der Waals surface area contributed by atoms with Crippen LogP contribution in [0.25, 0.3) is 0 Å². The van der Waals surface area contributed by atoms with Crippen molar-refractivity contribution in [3.05, 3.63) is 23.2 Å². The van der Waals surface area contributed by atoms with E-state index < -0.39 is 0 Å². The number of furan rings is 1. The summed E-state index contributed by atoms with van der Waals surface area (Å²) in [6, 6.07) is 2.27. The Morgan fingerprint density at radius 1 is 1.29 bits per heavy atom. The van der Waals surface area contributed by atoms with Crippen LogP contribution in [0.15, 0.2) is 10.5 Å². The van der Waals surface area contributed by atoms with Crippen molar-refractivity contribution in [2.24, 2.45) is 5.41 Å². The van der Waals surface area contributed by atoms with Gasteiger partial charge in [0.15, 0.2) is 0 Å². The highest BCUT2D eigenvalue weighted by molar-refractivity contribution is 5.82. The van der Waals surface area contributed by atoms with Gasteiger partial charge in [-0.3, -0.25) is 4.79 Å². The van der Waals surface area contributed by atoms with Crippen LogP contribution in [0, 0.1) is 5.41 Å². The van der Waals surface area contributed by atoms with Gasteiger partial charge in [0, 0.05) is 36.8 Å². The second-order valence-corrected chi connectivity index (χ2v) is 7.36. The molecule has 0 N–H and O–H groups in total. The average Bonchev–Trinajstić information content (AvgIpc) is 2.92. The number of carbonyl (C=O) groups is 1. The van der Waals surface area contributed by atoms with Crippen molar-refractivity contribution in [1.82, 2.24) is 4.90 Å². The Morgan fingerprint density at radius 3 is 2.90 bits per heavy atom. The molecule has 1 aliphatic carbocycles. The smallest absolute Gasteiger partial charge is 0.223 e. The molecule has 3 heterocycles. The summed E-state index contributed by atoms with van der Waals surface area (Å²) in [7, 11) is 0. The molecular weight excluding hydrogens is 262 g/mol. The lowest BCUT2D eigenvalue weighted by Crippen LogP contribution is -2.52. The maximum atomic E-state index is 12.7. The largest absolute Gasteiger partial charge is 0.466 e. The van der Waals surface area contributed by atoms with Gasteiger partial charge in [0.05, 0.1) is 5.54 Å². The highest BCUT2D eigenvalue weighted by Gasteiger charge is 2.63. The summed E-state index contributed by atoms with van der Waals surface area (Å²) < 4.78 is 6.13. The van der Waals surface area contributed by atoms with E-state index in [0.717, 1.165) is 50.2 Å². The topological polar surface area (TPSA) is 33.5 Å². The summed E-state index contributed by atoms with van der Waals surface area (Å²) in [4.78, 5) is 14.9. The van der Waals surface area contributed by atoms with Crippen LogP contribution in [0.3, 0.4) is 0 Å². The second-order valence-electron chi connectivity index (χ2n) is 7.36. The van der Waals surface area contributed by atoms with Crippen molar-refractivity contribution in [3.8, 4) is 0 Å². The molecule has 3 heteroatoms. The Balaban J connectivity index is 1.95. The zero-order chi connectivity index (χ0) is 14.7. The molecule has 21 heavy (non-hydrogen) atoms. The minimum Gasteiger partial charge on any atom is -0.466 e. The van der Waals surface area contributed by atoms with Crippen molar-refractivity contribution >= 4 is 5.91 Å². The van der Waals surface area contributed by atoms with E-state index >= 15 is 0 Å². The number of fused-ring (bicyclic) bond motifs is 1. The van der Waals surface area contributed by atoms with Gasteiger partial charge in [-0.25, -0.2) is 0 Å². The fraction of sp³-hybridized carbons (Fsp3) is 0.722. The molecule has 1 aromatic heterocycles. The number of aryl methyl sites for hydroxylation is 2. The third kappa shape index (κ3) is 1.58. The van der Waals surface area contributed by atoms with Crippen LogP contribution in [0.2, 0.25) is 0 Å². The van der Waals surface area contributed by atoms with Crippen LogP contribution in [-0.2, 0) is 23.2 Å². The van der Waals surface area contributed by atoms with Crippen molar-refractivity contribution in [1.29, 1.82) is 0 Å². The molecule has 2 aliphatic heterocycles. The van der Waals surface area contributed by atoms with E-state index in [1.807, 2.05) is 0 Å². The summed E-state index contributed by atoms with van der Waals surface area (Å²) in [6.45, 7) is 5.39. The molecule has 0 aromatic carbocycles. The fourth-order valence-corrected chi connectivity index (χ4v) is 5.25. The molecule has 1 saturated heterocycles. The quantitative estimate of drug-likeness (QED) is 0.787. The number of rotatable bonds is 1. The predicted molar refractivity (Wildman–Crippen MR) is 81.0 cm³/mol. The first kappa shape index (κ1) is 13.4. The minimum absolute atomic E-state index is 0.0783. The van der Waals surface area contributed by atoms with E-state index in [9.17, 15) is 4.79 Å². The molecule has 1 aromatic rings. The molecule has 114 valence electrons. The van der Waals surface area contributed by atoms with Crippen molar-refractivity contribution in [2.75, 3.05) is 6.54 Å². The van der Waals surface area contributed by atoms with Gasteiger partial charge in [0.25, 0.3) is 0 Å². The SMILES string of the molecule is CCc1cc2c(o1)CCCN1C(=O)C[C@]3(C)CCCC[C@@]213. The normalized spacial score (nSPS) is 35.1. The summed E-state index contributed by atoms with van der Waals surface area (Å²) in [6.07, 6.45) is 8.45. The molecule has 0 bridgehead atoms. The molecule has 1 amide bonds. The zero-order valence-corrected chi connectivity index (χ0v) is 13.2. The molecule has 0 radical (unpaired) electrons. The molecule has 2 atom stereocenters. The Bertz CT molecular complexity index is 590. The average molecular weight is 287 g/mol. The van der Waals surface area contributed by atoms with E-state index in [0.29, 0.717) is 5.91 Å². The van der Waals surface area contributed by atoms with Gasteiger partial charge in [-0.2, -0.15) is 0 Å². The molecule has 3 aliphatic rings. The fourth-order valence-electron chi connectivity index (χ4n) is 5.25. The van der Waals surface area contributed by atoms with Gasteiger partial charge in [-0.1, -0.05) is 26.7 Å². The standard InChI is InChI=1S/C18H25NO2/c1-3-13-11-14-15(21-13)7-6-10-19-16(20)12-17(2)8-4-5-9-18(14,17)19/h11H,3-10,12H2,1-2H3/t17-,18-/m0/s1. The maximum Gasteiger partial charge on any atom is 0.223 e. The molecule has 2 fully saturated rings. The minimum atomic E-state index is -0.0783. The highest BCUT2D eigenvalue weighted by atomic mass is 16.3. The first-order valence-corrected chi connectivity index (χ1v) is 8.53. The monoisotopic (exact) mass is 287 g/mol. The molecular formula is C18H25NO2. The van der Waals surface area contributed by atoms with Crippen molar-refractivity contribution in [2.45, 2.75) is 70.8 Å². The first-order chi connectivity index (χ1) is 10.1. The molecule has 4 rings (SSSR count). The van der Waals surface area contributed by atoms with Crippen LogP contribution in [0.5, 0.6) is 0 Å². The molecule has 1 spiro atoms. The Hall–Kier alpha value is -1.25. The number of amides is 1. The second kappa shape index (κ2) is 4.37. The van der Waals surface area contributed by atoms with Crippen LogP contribution in [-0.4, -0.2) is 17.4 Å². The third-order valence-electron chi connectivity index (χ3n) is 6.26. The number of hydrogen-bond acceptors (Lipinski definition) is 2. The highest BCUT2D eigenvalue weighted by Crippen LogP contribution is 2.62. The van der Waals surface area contributed by atoms with Gasteiger partial charge in [-0.15, -0.1) is 0 Å². The van der Waals surface area contributed by atoms with Gasteiger partial charge in [0.1, 0.15) is 11.5 Å². The van der Waals surface area contributed by atoms with Crippen molar-refractivity contribution < 1.29 is 9.21 Å². The summed E-state index contributed by atoms with van der Waals surface area (Å²) in [5, 5.41) is 0. The van der Waals surface area contributed by atoms with Crippen LogP contribution < -0.4 is 0 Å².